The number of imidazole rings is 1. The molecular weight excluding hydrogens is 316 g/mol. The summed E-state index contributed by atoms with van der Waals surface area (Å²) in [4.78, 5) is 21.0. The van der Waals surface area contributed by atoms with Gasteiger partial charge in [-0.05, 0) is 24.8 Å². The molecule has 1 fully saturated rings. The van der Waals surface area contributed by atoms with E-state index in [1.165, 1.54) is 6.20 Å². The van der Waals surface area contributed by atoms with E-state index in [2.05, 4.69) is 15.3 Å². The lowest BCUT2D eigenvalue weighted by atomic mass is 9.91. The molecule has 3 heterocycles. The number of nitrogens with one attached hydrogen (secondary N) is 1. The number of hydrogen-bond donors (Lipinski definition) is 1. The van der Waals surface area contributed by atoms with Crippen molar-refractivity contribution in [2.45, 2.75) is 18.9 Å². The minimum atomic E-state index is -0.211. The van der Waals surface area contributed by atoms with Crippen LogP contribution in [0.4, 0.5) is 0 Å². The third kappa shape index (κ3) is 3.54. The fourth-order valence-corrected chi connectivity index (χ4v) is 3.10. The monoisotopic (exact) mass is 334 g/mol. The number of halogens is 1. The van der Waals surface area contributed by atoms with Crippen molar-refractivity contribution in [1.82, 2.24) is 19.9 Å². The van der Waals surface area contributed by atoms with Gasteiger partial charge in [0.25, 0.3) is 5.91 Å². The molecule has 6 nitrogen and oxygen atoms in total. The average Bonchev–Trinajstić information content (AvgIpc) is 2.99. The van der Waals surface area contributed by atoms with Gasteiger partial charge in [-0.15, -0.1) is 0 Å². The second-order valence-electron chi connectivity index (χ2n) is 5.65. The summed E-state index contributed by atoms with van der Waals surface area (Å²) in [5.41, 5.74) is 0.424. The SMILES string of the molecule is Cn1ccnc1C(NC(=O)c1ccncc1Cl)C1CCOCC1. The lowest BCUT2D eigenvalue weighted by molar-refractivity contribution is 0.0499. The van der Waals surface area contributed by atoms with Gasteiger partial charge in [-0.1, -0.05) is 11.6 Å². The first-order valence-corrected chi connectivity index (χ1v) is 8.00. The van der Waals surface area contributed by atoms with Crippen LogP contribution in [-0.2, 0) is 11.8 Å². The summed E-state index contributed by atoms with van der Waals surface area (Å²) >= 11 is 6.08. The van der Waals surface area contributed by atoms with E-state index < -0.39 is 0 Å². The zero-order valence-electron chi connectivity index (χ0n) is 12.9. The Labute approximate surface area is 139 Å². The highest BCUT2D eigenvalue weighted by atomic mass is 35.5. The smallest absolute Gasteiger partial charge is 0.253 e. The predicted octanol–water partition coefficient (Wildman–Crippen LogP) is 2.37. The number of aryl methyl sites for hydroxylation is 1. The Morgan fingerprint density at radius 1 is 1.43 bits per heavy atom. The molecule has 0 aromatic carbocycles. The predicted molar refractivity (Wildman–Crippen MR) is 86.2 cm³/mol. The number of carbonyl (C=O) groups excluding carboxylic acids is 1. The number of rotatable bonds is 4. The summed E-state index contributed by atoms with van der Waals surface area (Å²) in [6, 6.07) is 1.45. The van der Waals surface area contributed by atoms with Crippen molar-refractivity contribution in [1.29, 1.82) is 0 Å². The number of hydrogen-bond acceptors (Lipinski definition) is 4. The Balaban J connectivity index is 1.85. The van der Waals surface area contributed by atoms with Crippen molar-refractivity contribution in [2.24, 2.45) is 13.0 Å². The normalized spacial score (nSPS) is 17.0. The van der Waals surface area contributed by atoms with Gasteiger partial charge < -0.3 is 14.6 Å². The number of amides is 1. The molecule has 0 saturated carbocycles. The molecule has 1 N–H and O–H groups in total. The van der Waals surface area contributed by atoms with Gasteiger partial charge in [0, 0.05) is 45.0 Å². The first kappa shape index (κ1) is 16.0. The van der Waals surface area contributed by atoms with Gasteiger partial charge in [-0.2, -0.15) is 0 Å². The molecule has 1 aliphatic rings. The number of aromatic nitrogens is 3. The van der Waals surface area contributed by atoms with Crippen molar-refractivity contribution in [2.75, 3.05) is 13.2 Å². The first-order chi connectivity index (χ1) is 11.2. The standard InChI is InChI=1S/C16H19ClN4O2/c1-21-7-6-19-15(21)14(11-3-8-23-9-4-11)20-16(22)12-2-5-18-10-13(12)17/h2,5-7,10-11,14H,3-4,8-9H2,1H3,(H,20,22). The number of carbonyl (C=O) groups is 1. The molecule has 0 radical (unpaired) electrons. The van der Waals surface area contributed by atoms with Crippen LogP contribution in [0.5, 0.6) is 0 Å². The number of ether oxygens (including phenoxy) is 1. The fourth-order valence-electron chi connectivity index (χ4n) is 2.90. The van der Waals surface area contributed by atoms with E-state index in [0.717, 1.165) is 18.7 Å². The summed E-state index contributed by atoms with van der Waals surface area (Å²) in [7, 11) is 1.93. The molecule has 7 heteroatoms. The Bertz CT molecular complexity index is 682. The average molecular weight is 335 g/mol. The molecule has 122 valence electrons. The Kier molecular flexibility index (Phi) is 4.93. The summed E-state index contributed by atoms with van der Waals surface area (Å²) in [5.74, 6) is 0.918. The van der Waals surface area contributed by atoms with Gasteiger partial charge >= 0.3 is 0 Å². The topological polar surface area (TPSA) is 69.0 Å². The van der Waals surface area contributed by atoms with Gasteiger partial charge in [0.2, 0.25) is 0 Å². The van der Waals surface area contributed by atoms with E-state index in [1.807, 2.05) is 17.8 Å². The second-order valence-corrected chi connectivity index (χ2v) is 6.06. The maximum Gasteiger partial charge on any atom is 0.253 e. The zero-order chi connectivity index (χ0) is 16.2. The minimum absolute atomic E-state index is 0.171. The Morgan fingerprint density at radius 3 is 2.87 bits per heavy atom. The van der Waals surface area contributed by atoms with Crippen molar-refractivity contribution in [3.8, 4) is 0 Å². The van der Waals surface area contributed by atoms with Crippen molar-refractivity contribution in [3.63, 3.8) is 0 Å². The van der Waals surface area contributed by atoms with Crippen LogP contribution < -0.4 is 5.32 Å². The lowest BCUT2D eigenvalue weighted by Gasteiger charge is -2.30. The molecule has 2 aromatic rings. The van der Waals surface area contributed by atoms with Crippen LogP contribution in [0, 0.1) is 5.92 Å². The number of nitrogens with zero attached hydrogens (tertiary/aromatic N) is 3. The van der Waals surface area contributed by atoms with Crippen LogP contribution in [0.2, 0.25) is 5.02 Å². The van der Waals surface area contributed by atoms with Gasteiger partial charge in [0.1, 0.15) is 5.82 Å². The molecule has 1 unspecified atom stereocenters. The third-order valence-electron chi connectivity index (χ3n) is 4.18. The van der Waals surface area contributed by atoms with Gasteiger partial charge in [-0.25, -0.2) is 4.98 Å². The lowest BCUT2D eigenvalue weighted by Crippen LogP contribution is -2.37. The summed E-state index contributed by atoms with van der Waals surface area (Å²) in [6.07, 6.45) is 8.44. The molecule has 0 aliphatic carbocycles. The van der Waals surface area contributed by atoms with Crippen LogP contribution in [-0.4, -0.2) is 33.7 Å². The summed E-state index contributed by atoms with van der Waals surface area (Å²) < 4.78 is 7.38. The summed E-state index contributed by atoms with van der Waals surface area (Å²) in [6.45, 7) is 1.41. The quantitative estimate of drug-likeness (QED) is 0.932. The Morgan fingerprint density at radius 2 is 2.22 bits per heavy atom. The van der Waals surface area contributed by atoms with E-state index in [4.69, 9.17) is 16.3 Å². The van der Waals surface area contributed by atoms with Crippen LogP contribution in [0.15, 0.2) is 30.9 Å². The van der Waals surface area contributed by atoms with E-state index in [-0.39, 0.29) is 17.9 Å². The minimum Gasteiger partial charge on any atom is -0.381 e. The molecule has 1 atom stereocenters. The maximum absolute atomic E-state index is 12.6. The van der Waals surface area contributed by atoms with Gasteiger partial charge in [-0.3, -0.25) is 9.78 Å². The highest BCUT2D eigenvalue weighted by Crippen LogP contribution is 2.29. The largest absolute Gasteiger partial charge is 0.381 e. The van der Waals surface area contributed by atoms with Crippen LogP contribution in [0.25, 0.3) is 0 Å². The highest BCUT2D eigenvalue weighted by molar-refractivity contribution is 6.33. The molecule has 0 bridgehead atoms. The highest BCUT2D eigenvalue weighted by Gasteiger charge is 2.30. The Hall–Kier alpha value is -1.92. The first-order valence-electron chi connectivity index (χ1n) is 7.62. The molecule has 1 amide bonds. The zero-order valence-corrected chi connectivity index (χ0v) is 13.7. The van der Waals surface area contributed by atoms with Crippen LogP contribution in [0.1, 0.15) is 35.1 Å². The van der Waals surface area contributed by atoms with Gasteiger partial charge in [0.15, 0.2) is 0 Å². The van der Waals surface area contributed by atoms with Gasteiger partial charge in [0.05, 0.1) is 16.6 Å². The van der Waals surface area contributed by atoms with Crippen LogP contribution in [0.3, 0.4) is 0 Å². The third-order valence-corrected chi connectivity index (χ3v) is 4.48. The van der Waals surface area contributed by atoms with E-state index in [9.17, 15) is 4.79 Å². The van der Waals surface area contributed by atoms with E-state index in [0.29, 0.717) is 23.8 Å². The molecule has 2 aromatic heterocycles. The van der Waals surface area contributed by atoms with Crippen LogP contribution >= 0.6 is 11.6 Å². The van der Waals surface area contributed by atoms with Crippen molar-refractivity contribution < 1.29 is 9.53 Å². The molecule has 1 saturated heterocycles. The fraction of sp³-hybridized carbons (Fsp3) is 0.438. The molecular formula is C16H19ClN4O2. The maximum atomic E-state index is 12.6. The van der Waals surface area contributed by atoms with E-state index in [1.54, 1.807) is 18.5 Å². The van der Waals surface area contributed by atoms with Crippen molar-refractivity contribution >= 4 is 17.5 Å². The molecule has 1 aliphatic heterocycles. The van der Waals surface area contributed by atoms with Crippen molar-refractivity contribution in [3.05, 3.63) is 47.3 Å². The second kappa shape index (κ2) is 7.10. The molecule has 0 spiro atoms. The molecule has 23 heavy (non-hydrogen) atoms. The summed E-state index contributed by atoms with van der Waals surface area (Å²) in [5, 5.41) is 3.44. The number of pyridine rings is 1. The molecule has 3 rings (SSSR count). The van der Waals surface area contributed by atoms with E-state index >= 15 is 0 Å².